The highest BCUT2D eigenvalue weighted by atomic mass is 16.5. The Morgan fingerprint density at radius 1 is 1.60 bits per heavy atom. The molecule has 1 rings (SSSR count). The van der Waals surface area contributed by atoms with Crippen LogP contribution in [0, 0.1) is 0 Å². The molecule has 5 nitrogen and oxygen atoms in total. The second-order valence-electron chi connectivity index (χ2n) is 3.04. The van der Waals surface area contributed by atoms with Gasteiger partial charge in [-0.2, -0.15) is 0 Å². The van der Waals surface area contributed by atoms with E-state index in [1.54, 1.807) is 13.2 Å². The van der Waals surface area contributed by atoms with E-state index in [-0.39, 0.29) is 6.42 Å². The topological polar surface area (TPSA) is 68.9 Å². The van der Waals surface area contributed by atoms with E-state index in [0.717, 1.165) is 5.56 Å². The fraction of sp³-hybridized carbons (Fsp3) is 0.500. The number of methoxy groups -OCH3 is 2. The molecular formula is C10H14O5. The number of rotatable bonds is 5. The van der Waals surface area contributed by atoms with Gasteiger partial charge in [0, 0.05) is 12.7 Å². The van der Waals surface area contributed by atoms with Crippen LogP contribution >= 0.6 is 0 Å². The third kappa shape index (κ3) is 3.07. The van der Waals surface area contributed by atoms with Crippen molar-refractivity contribution < 1.29 is 23.8 Å². The Kier molecular flexibility index (Phi) is 4.33. The maximum absolute atomic E-state index is 10.9. The van der Waals surface area contributed by atoms with Crippen LogP contribution < -0.4 is 0 Å². The molecular weight excluding hydrogens is 200 g/mol. The molecule has 0 saturated heterocycles. The summed E-state index contributed by atoms with van der Waals surface area (Å²) >= 11 is 0. The molecule has 1 aromatic rings. The van der Waals surface area contributed by atoms with Crippen LogP contribution in [0.25, 0.3) is 0 Å². The van der Waals surface area contributed by atoms with Gasteiger partial charge in [-0.3, -0.25) is 4.79 Å². The van der Waals surface area contributed by atoms with Crippen LogP contribution in [0.1, 0.15) is 23.8 Å². The van der Waals surface area contributed by atoms with Gasteiger partial charge in [-0.05, 0) is 6.07 Å². The number of carbonyl (C=O) groups excluding carboxylic acids is 1. The van der Waals surface area contributed by atoms with Gasteiger partial charge in [-0.1, -0.05) is 0 Å². The van der Waals surface area contributed by atoms with E-state index < -0.39 is 12.1 Å². The largest absolute Gasteiger partial charge is 0.469 e. The third-order valence-electron chi connectivity index (χ3n) is 1.97. The first kappa shape index (κ1) is 11.7. The minimum Gasteiger partial charge on any atom is -0.469 e. The zero-order valence-electron chi connectivity index (χ0n) is 8.73. The highest BCUT2D eigenvalue weighted by Crippen LogP contribution is 2.22. The van der Waals surface area contributed by atoms with Crippen LogP contribution in [0.3, 0.4) is 0 Å². The molecule has 0 aliphatic heterocycles. The molecule has 15 heavy (non-hydrogen) atoms. The smallest absolute Gasteiger partial charge is 0.308 e. The van der Waals surface area contributed by atoms with E-state index in [1.807, 2.05) is 0 Å². The van der Waals surface area contributed by atoms with E-state index >= 15 is 0 Å². The summed E-state index contributed by atoms with van der Waals surface area (Å²) in [6.07, 6.45) is 0.336. The predicted octanol–water partition coefficient (Wildman–Crippen LogP) is 1.02. The summed E-state index contributed by atoms with van der Waals surface area (Å²) in [5.41, 5.74) is 0.730. The second-order valence-corrected chi connectivity index (χ2v) is 3.04. The number of aliphatic hydroxyl groups excluding tert-OH is 1. The molecule has 1 atom stereocenters. The summed E-state index contributed by atoms with van der Waals surface area (Å²) in [5, 5.41) is 9.67. The summed E-state index contributed by atoms with van der Waals surface area (Å²) in [5.74, 6) is -0.135. The van der Waals surface area contributed by atoms with Gasteiger partial charge >= 0.3 is 5.97 Å². The lowest BCUT2D eigenvalue weighted by atomic mass is 10.1. The maximum atomic E-state index is 10.9. The van der Waals surface area contributed by atoms with E-state index in [2.05, 4.69) is 4.74 Å². The van der Waals surface area contributed by atoms with Crippen molar-refractivity contribution in [2.24, 2.45) is 0 Å². The molecule has 1 heterocycles. The van der Waals surface area contributed by atoms with E-state index in [0.29, 0.717) is 12.4 Å². The number of esters is 1. The van der Waals surface area contributed by atoms with Gasteiger partial charge in [0.15, 0.2) is 0 Å². The average Bonchev–Trinajstić information content (AvgIpc) is 2.66. The van der Waals surface area contributed by atoms with Crippen molar-refractivity contribution in [1.82, 2.24) is 0 Å². The van der Waals surface area contributed by atoms with E-state index in [4.69, 9.17) is 9.15 Å². The first-order valence-corrected chi connectivity index (χ1v) is 4.49. The Hall–Kier alpha value is -1.33. The van der Waals surface area contributed by atoms with Crippen molar-refractivity contribution >= 4 is 5.97 Å². The number of furan rings is 1. The number of hydrogen-bond acceptors (Lipinski definition) is 5. The first-order valence-electron chi connectivity index (χ1n) is 4.49. The van der Waals surface area contributed by atoms with Crippen LogP contribution in [0.2, 0.25) is 0 Å². The van der Waals surface area contributed by atoms with Crippen LogP contribution in [0.4, 0.5) is 0 Å². The van der Waals surface area contributed by atoms with Gasteiger partial charge in [-0.15, -0.1) is 0 Å². The fourth-order valence-electron chi connectivity index (χ4n) is 1.25. The van der Waals surface area contributed by atoms with Crippen molar-refractivity contribution in [2.75, 3.05) is 14.2 Å². The Labute approximate surface area is 87.6 Å². The summed E-state index contributed by atoms with van der Waals surface area (Å²) in [4.78, 5) is 10.9. The van der Waals surface area contributed by atoms with Gasteiger partial charge < -0.3 is 19.0 Å². The Morgan fingerprint density at radius 2 is 2.33 bits per heavy atom. The molecule has 0 aliphatic rings. The molecule has 84 valence electrons. The third-order valence-corrected chi connectivity index (χ3v) is 1.97. The number of aliphatic hydroxyl groups is 1. The quantitative estimate of drug-likeness (QED) is 0.741. The first-order chi connectivity index (χ1) is 7.19. The minimum atomic E-state index is -0.988. The molecule has 0 saturated carbocycles. The molecule has 0 bridgehead atoms. The lowest BCUT2D eigenvalue weighted by Crippen LogP contribution is -2.09. The van der Waals surface area contributed by atoms with Crippen molar-refractivity contribution in [1.29, 1.82) is 0 Å². The molecule has 0 aliphatic carbocycles. The van der Waals surface area contributed by atoms with Gasteiger partial charge in [-0.25, -0.2) is 0 Å². The highest BCUT2D eigenvalue weighted by Gasteiger charge is 2.19. The van der Waals surface area contributed by atoms with Crippen molar-refractivity contribution in [2.45, 2.75) is 19.1 Å². The van der Waals surface area contributed by atoms with Crippen LogP contribution in [0.5, 0.6) is 0 Å². The number of ether oxygens (including phenoxy) is 2. The zero-order chi connectivity index (χ0) is 11.3. The van der Waals surface area contributed by atoms with Crippen LogP contribution in [0.15, 0.2) is 16.7 Å². The van der Waals surface area contributed by atoms with Crippen molar-refractivity contribution in [3.8, 4) is 0 Å². The average molecular weight is 214 g/mol. The van der Waals surface area contributed by atoms with Gasteiger partial charge in [0.2, 0.25) is 0 Å². The second kappa shape index (κ2) is 5.53. The summed E-state index contributed by atoms with van der Waals surface area (Å²) in [6.45, 7) is 0.337. The molecule has 5 heteroatoms. The normalized spacial score (nSPS) is 12.5. The lowest BCUT2D eigenvalue weighted by Gasteiger charge is -2.08. The molecule has 0 radical (unpaired) electrons. The molecule has 0 aromatic carbocycles. The van der Waals surface area contributed by atoms with Crippen molar-refractivity contribution in [3.05, 3.63) is 23.7 Å². The monoisotopic (exact) mass is 214 g/mol. The van der Waals surface area contributed by atoms with E-state index in [9.17, 15) is 9.90 Å². The highest BCUT2D eigenvalue weighted by molar-refractivity contribution is 5.69. The van der Waals surface area contributed by atoms with E-state index in [1.165, 1.54) is 13.4 Å². The van der Waals surface area contributed by atoms with Gasteiger partial charge in [0.25, 0.3) is 0 Å². The Balaban J connectivity index is 2.68. The summed E-state index contributed by atoms with van der Waals surface area (Å²) in [7, 11) is 2.82. The number of hydrogen-bond donors (Lipinski definition) is 1. The SMILES string of the molecule is COCc1ccoc1[C@H](O)CC(=O)OC. The Bertz CT molecular complexity index is 317. The fourth-order valence-corrected chi connectivity index (χ4v) is 1.25. The summed E-state index contributed by atoms with van der Waals surface area (Å²) < 4.78 is 14.5. The van der Waals surface area contributed by atoms with Crippen molar-refractivity contribution in [3.63, 3.8) is 0 Å². The zero-order valence-corrected chi connectivity index (χ0v) is 8.73. The maximum Gasteiger partial charge on any atom is 0.308 e. The summed E-state index contributed by atoms with van der Waals surface area (Å²) in [6, 6.07) is 1.69. The predicted molar refractivity (Wildman–Crippen MR) is 51.0 cm³/mol. The molecule has 1 aromatic heterocycles. The van der Waals surface area contributed by atoms with Gasteiger partial charge in [0.05, 0.1) is 26.4 Å². The molecule has 1 N–H and O–H groups in total. The standard InChI is InChI=1S/C10H14O5/c1-13-6-7-3-4-15-10(7)8(11)5-9(12)14-2/h3-4,8,11H,5-6H2,1-2H3/t8-/m1/s1. The van der Waals surface area contributed by atoms with Gasteiger partial charge in [0.1, 0.15) is 11.9 Å². The Morgan fingerprint density at radius 3 is 2.93 bits per heavy atom. The molecule has 0 unspecified atom stereocenters. The number of carbonyl (C=O) groups is 1. The molecule has 0 spiro atoms. The lowest BCUT2D eigenvalue weighted by molar-refractivity contribution is -0.143. The molecule has 0 amide bonds. The van der Waals surface area contributed by atoms with Crippen LogP contribution in [-0.4, -0.2) is 25.3 Å². The van der Waals surface area contributed by atoms with Crippen LogP contribution in [-0.2, 0) is 20.9 Å². The molecule has 0 fully saturated rings. The minimum absolute atomic E-state index is 0.124.